The highest BCUT2D eigenvalue weighted by atomic mass is 19.1. The van der Waals surface area contributed by atoms with Crippen molar-refractivity contribution in [2.75, 3.05) is 26.7 Å². The molecule has 1 N–H and O–H groups in total. The van der Waals surface area contributed by atoms with Gasteiger partial charge in [-0.25, -0.2) is 4.39 Å². The lowest BCUT2D eigenvalue weighted by molar-refractivity contribution is -0.137. The average Bonchev–Trinajstić information content (AvgIpc) is 2.52. The highest BCUT2D eigenvalue weighted by Gasteiger charge is 2.26. The summed E-state index contributed by atoms with van der Waals surface area (Å²) in [5, 5.41) is 3.20. The molecule has 4 heteroatoms. The Morgan fingerprint density at radius 1 is 1.50 bits per heavy atom. The molecule has 2 atom stereocenters. The molecule has 0 bridgehead atoms. The minimum Gasteiger partial charge on any atom is -0.342 e. The lowest BCUT2D eigenvalue weighted by Crippen LogP contribution is -2.44. The average molecular weight is 306 g/mol. The van der Waals surface area contributed by atoms with Crippen LogP contribution in [0.1, 0.15) is 31.7 Å². The number of carbonyl (C=O) groups excluding carboxylic acids is 1. The van der Waals surface area contributed by atoms with Gasteiger partial charge in [0.05, 0.1) is 0 Å². The maximum absolute atomic E-state index is 13.2. The molecule has 1 heterocycles. The number of hydrogen-bond acceptors (Lipinski definition) is 2. The summed E-state index contributed by atoms with van der Waals surface area (Å²) in [5.74, 6) is 0.606. The molecule has 2 rings (SSSR count). The van der Waals surface area contributed by atoms with Crippen LogP contribution in [0.25, 0.3) is 0 Å². The Labute approximate surface area is 132 Å². The van der Waals surface area contributed by atoms with Gasteiger partial charge in [0.25, 0.3) is 0 Å². The highest BCUT2D eigenvalue weighted by Crippen LogP contribution is 2.20. The number of rotatable bonds is 6. The number of benzene rings is 1. The number of piperidine rings is 1. The predicted molar refractivity (Wildman–Crippen MR) is 87.1 cm³/mol. The van der Waals surface area contributed by atoms with Gasteiger partial charge in [-0.3, -0.25) is 4.79 Å². The van der Waals surface area contributed by atoms with Crippen LogP contribution in [0.5, 0.6) is 0 Å². The first-order valence-electron chi connectivity index (χ1n) is 8.28. The Morgan fingerprint density at radius 2 is 2.32 bits per heavy atom. The molecule has 1 saturated heterocycles. The number of nitrogens with zero attached hydrogens (tertiary/aromatic N) is 1. The van der Waals surface area contributed by atoms with Gasteiger partial charge in [-0.2, -0.15) is 0 Å². The molecule has 3 nitrogen and oxygen atoms in total. The summed E-state index contributed by atoms with van der Waals surface area (Å²) in [5.41, 5.74) is 0.964. The van der Waals surface area contributed by atoms with Gasteiger partial charge in [-0.05, 0) is 62.9 Å². The van der Waals surface area contributed by atoms with Crippen molar-refractivity contribution in [3.8, 4) is 0 Å². The summed E-state index contributed by atoms with van der Waals surface area (Å²) in [6.07, 6.45) is 3.81. The second-order valence-corrected chi connectivity index (χ2v) is 6.42. The van der Waals surface area contributed by atoms with Crippen molar-refractivity contribution in [1.29, 1.82) is 0 Å². The number of aryl methyl sites for hydroxylation is 1. The Morgan fingerprint density at radius 3 is 3.05 bits per heavy atom. The lowest BCUT2D eigenvalue weighted by Gasteiger charge is -2.34. The minimum absolute atomic E-state index is 0.00315. The zero-order valence-corrected chi connectivity index (χ0v) is 13.6. The molecule has 0 aliphatic carbocycles. The van der Waals surface area contributed by atoms with Gasteiger partial charge in [-0.1, -0.05) is 19.1 Å². The summed E-state index contributed by atoms with van der Waals surface area (Å²) in [6.45, 7) is 4.71. The molecule has 1 fully saturated rings. The van der Waals surface area contributed by atoms with Gasteiger partial charge in [0.2, 0.25) is 5.91 Å². The van der Waals surface area contributed by atoms with Crippen LogP contribution < -0.4 is 5.32 Å². The zero-order valence-electron chi connectivity index (χ0n) is 13.6. The van der Waals surface area contributed by atoms with E-state index in [1.807, 2.05) is 24.9 Å². The van der Waals surface area contributed by atoms with E-state index >= 15 is 0 Å². The van der Waals surface area contributed by atoms with Crippen molar-refractivity contribution >= 4 is 5.91 Å². The molecule has 1 aliphatic heterocycles. The zero-order chi connectivity index (χ0) is 15.9. The Kier molecular flexibility index (Phi) is 6.37. The largest absolute Gasteiger partial charge is 0.342 e. The molecular formula is C18H27FN2O. The van der Waals surface area contributed by atoms with Crippen LogP contribution in [0.4, 0.5) is 4.39 Å². The number of likely N-dealkylation sites (tertiary alicyclic amines) is 1. The molecule has 1 aliphatic rings. The minimum atomic E-state index is -0.206. The fraction of sp³-hybridized carbons (Fsp3) is 0.611. The summed E-state index contributed by atoms with van der Waals surface area (Å²) < 4.78 is 13.2. The summed E-state index contributed by atoms with van der Waals surface area (Å²) in [6, 6.07) is 6.66. The van der Waals surface area contributed by atoms with E-state index in [9.17, 15) is 9.18 Å². The number of hydrogen-bond donors (Lipinski definition) is 1. The standard InChI is InChI=1S/C18H27FN2O/c1-14(8-9-15-5-3-7-17(19)11-15)18(22)21-10-4-6-16(13-21)12-20-2/h3,5,7,11,14,16,20H,4,6,8-10,12-13H2,1-2H3. The van der Waals surface area contributed by atoms with Gasteiger partial charge in [0.1, 0.15) is 5.82 Å². The smallest absolute Gasteiger partial charge is 0.225 e. The van der Waals surface area contributed by atoms with Gasteiger partial charge in [0.15, 0.2) is 0 Å². The van der Waals surface area contributed by atoms with Crippen LogP contribution in [-0.4, -0.2) is 37.5 Å². The molecule has 0 radical (unpaired) electrons. The number of halogens is 1. The van der Waals surface area contributed by atoms with Gasteiger partial charge in [-0.15, -0.1) is 0 Å². The number of carbonyl (C=O) groups is 1. The van der Waals surface area contributed by atoms with E-state index in [0.717, 1.165) is 44.5 Å². The fourth-order valence-electron chi connectivity index (χ4n) is 3.23. The molecule has 1 aromatic rings. The molecule has 1 amide bonds. The Hall–Kier alpha value is -1.42. The van der Waals surface area contributed by atoms with E-state index in [1.165, 1.54) is 12.5 Å². The van der Waals surface area contributed by atoms with Crippen molar-refractivity contribution in [2.24, 2.45) is 11.8 Å². The van der Waals surface area contributed by atoms with Crippen molar-refractivity contribution < 1.29 is 9.18 Å². The van der Waals surface area contributed by atoms with Crippen molar-refractivity contribution in [3.63, 3.8) is 0 Å². The molecular weight excluding hydrogens is 279 g/mol. The molecule has 1 aromatic carbocycles. The summed E-state index contributed by atoms with van der Waals surface area (Å²) in [4.78, 5) is 14.6. The maximum atomic E-state index is 13.2. The first-order valence-corrected chi connectivity index (χ1v) is 8.28. The SMILES string of the molecule is CNCC1CCCN(C(=O)C(C)CCc2cccc(F)c2)C1. The molecule has 2 unspecified atom stereocenters. The Bertz CT molecular complexity index is 490. The van der Waals surface area contributed by atoms with Crippen LogP contribution in [0, 0.1) is 17.7 Å². The van der Waals surface area contributed by atoms with Crippen LogP contribution in [0.3, 0.4) is 0 Å². The molecule has 0 saturated carbocycles. The maximum Gasteiger partial charge on any atom is 0.225 e. The van der Waals surface area contributed by atoms with Crippen LogP contribution in [0.15, 0.2) is 24.3 Å². The monoisotopic (exact) mass is 306 g/mol. The van der Waals surface area contributed by atoms with E-state index < -0.39 is 0 Å². The van der Waals surface area contributed by atoms with Gasteiger partial charge in [0, 0.05) is 19.0 Å². The van der Waals surface area contributed by atoms with E-state index in [2.05, 4.69) is 5.32 Å². The van der Waals surface area contributed by atoms with Crippen LogP contribution >= 0.6 is 0 Å². The molecule has 0 aromatic heterocycles. The number of nitrogens with one attached hydrogen (secondary N) is 1. The topological polar surface area (TPSA) is 32.3 Å². The third-order valence-electron chi connectivity index (χ3n) is 4.50. The third-order valence-corrected chi connectivity index (χ3v) is 4.50. The number of amides is 1. The van der Waals surface area contributed by atoms with Crippen molar-refractivity contribution in [1.82, 2.24) is 10.2 Å². The Balaban J connectivity index is 1.83. The summed E-state index contributed by atoms with van der Waals surface area (Å²) >= 11 is 0. The van der Waals surface area contributed by atoms with E-state index in [-0.39, 0.29) is 17.6 Å². The first kappa shape index (κ1) is 16.9. The van der Waals surface area contributed by atoms with Crippen molar-refractivity contribution in [2.45, 2.75) is 32.6 Å². The molecule has 22 heavy (non-hydrogen) atoms. The van der Waals surface area contributed by atoms with Gasteiger partial charge >= 0.3 is 0 Å². The van der Waals surface area contributed by atoms with Crippen molar-refractivity contribution in [3.05, 3.63) is 35.6 Å². The lowest BCUT2D eigenvalue weighted by atomic mass is 9.95. The molecule has 122 valence electrons. The fourth-order valence-corrected chi connectivity index (χ4v) is 3.23. The third kappa shape index (κ3) is 4.80. The van der Waals surface area contributed by atoms with E-state index in [4.69, 9.17) is 0 Å². The highest BCUT2D eigenvalue weighted by molar-refractivity contribution is 5.78. The normalized spacial score (nSPS) is 20.0. The van der Waals surface area contributed by atoms with E-state index in [0.29, 0.717) is 5.92 Å². The quantitative estimate of drug-likeness (QED) is 0.876. The van der Waals surface area contributed by atoms with Crippen LogP contribution in [-0.2, 0) is 11.2 Å². The van der Waals surface area contributed by atoms with Crippen LogP contribution in [0.2, 0.25) is 0 Å². The molecule has 0 spiro atoms. The first-order chi connectivity index (χ1) is 10.6. The summed E-state index contributed by atoms with van der Waals surface area (Å²) in [7, 11) is 1.96. The predicted octanol–water partition coefficient (Wildman–Crippen LogP) is 2.85. The second-order valence-electron chi connectivity index (χ2n) is 6.42. The van der Waals surface area contributed by atoms with E-state index in [1.54, 1.807) is 12.1 Å². The second kappa shape index (κ2) is 8.28. The van der Waals surface area contributed by atoms with Gasteiger partial charge < -0.3 is 10.2 Å².